The molecule has 1 aromatic rings. The van der Waals surface area contributed by atoms with Crippen LogP contribution in [0.2, 0.25) is 5.02 Å². The highest BCUT2D eigenvalue weighted by Crippen LogP contribution is 2.23. The number of aryl methyl sites for hydroxylation is 1. The van der Waals surface area contributed by atoms with Crippen molar-refractivity contribution < 1.29 is 4.79 Å². The van der Waals surface area contributed by atoms with Crippen molar-refractivity contribution in [2.24, 2.45) is 18.0 Å². The van der Waals surface area contributed by atoms with Gasteiger partial charge >= 0.3 is 0 Å². The normalized spacial score (nSPS) is 15.3. The summed E-state index contributed by atoms with van der Waals surface area (Å²) in [6, 6.07) is 1.95. The van der Waals surface area contributed by atoms with Gasteiger partial charge in [0.25, 0.3) is 0 Å². The second-order valence-electron chi connectivity index (χ2n) is 6.72. The SMILES string of the molecule is CN=C(NCCNC(=O)C1CCCCC1)N(C)Cc1cc(Cl)cn1C.I. The third-order valence-corrected chi connectivity index (χ3v) is 4.94. The lowest BCUT2D eigenvalue weighted by atomic mass is 9.89. The molecule has 1 heterocycles. The van der Waals surface area contributed by atoms with Crippen molar-refractivity contribution in [3.8, 4) is 0 Å². The lowest BCUT2D eigenvalue weighted by Crippen LogP contribution is -2.43. The van der Waals surface area contributed by atoms with Crippen molar-refractivity contribution in [3.05, 3.63) is 23.0 Å². The lowest BCUT2D eigenvalue weighted by molar-refractivity contribution is -0.125. The fraction of sp³-hybridized carbons (Fsp3) is 0.667. The molecule has 0 spiro atoms. The Morgan fingerprint density at radius 3 is 2.54 bits per heavy atom. The maximum Gasteiger partial charge on any atom is 0.223 e. The number of rotatable bonds is 6. The molecule has 0 unspecified atom stereocenters. The third kappa shape index (κ3) is 6.98. The highest BCUT2D eigenvalue weighted by atomic mass is 127. The molecular formula is C18H31ClIN5O. The summed E-state index contributed by atoms with van der Waals surface area (Å²) in [4.78, 5) is 18.5. The Morgan fingerprint density at radius 1 is 1.31 bits per heavy atom. The van der Waals surface area contributed by atoms with Crippen molar-refractivity contribution in [2.45, 2.75) is 38.6 Å². The Morgan fingerprint density at radius 2 is 1.96 bits per heavy atom. The number of nitrogens with one attached hydrogen (secondary N) is 2. The van der Waals surface area contributed by atoms with E-state index in [9.17, 15) is 4.79 Å². The first-order chi connectivity index (χ1) is 12.0. The number of carbonyl (C=O) groups excluding carboxylic acids is 1. The van der Waals surface area contributed by atoms with E-state index in [1.54, 1.807) is 7.05 Å². The predicted octanol–water partition coefficient (Wildman–Crippen LogP) is 3.00. The van der Waals surface area contributed by atoms with E-state index in [1.165, 1.54) is 19.3 Å². The fourth-order valence-corrected chi connectivity index (χ4v) is 3.57. The van der Waals surface area contributed by atoms with E-state index in [4.69, 9.17) is 11.6 Å². The lowest BCUT2D eigenvalue weighted by Gasteiger charge is -2.23. The first kappa shape index (κ1) is 23.1. The Hall–Kier alpha value is -0.960. The minimum atomic E-state index is 0. The summed E-state index contributed by atoms with van der Waals surface area (Å²) in [5.41, 5.74) is 1.11. The summed E-state index contributed by atoms with van der Waals surface area (Å²) in [5.74, 6) is 1.20. The summed E-state index contributed by atoms with van der Waals surface area (Å²) in [7, 11) is 5.72. The van der Waals surface area contributed by atoms with Crippen LogP contribution in [0.5, 0.6) is 0 Å². The molecule has 0 atom stereocenters. The molecule has 26 heavy (non-hydrogen) atoms. The van der Waals surface area contributed by atoms with Crippen molar-refractivity contribution in [1.29, 1.82) is 0 Å². The average molecular weight is 496 g/mol. The number of amides is 1. The molecule has 2 rings (SSSR count). The summed E-state index contributed by atoms with van der Waals surface area (Å²) in [6.07, 6.45) is 7.57. The summed E-state index contributed by atoms with van der Waals surface area (Å²) >= 11 is 6.03. The van der Waals surface area contributed by atoms with Gasteiger partial charge < -0.3 is 20.1 Å². The number of aromatic nitrogens is 1. The molecule has 0 radical (unpaired) electrons. The summed E-state index contributed by atoms with van der Waals surface area (Å²) in [5, 5.41) is 7.06. The van der Waals surface area contributed by atoms with Gasteiger partial charge in [0.1, 0.15) is 0 Å². The average Bonchev–Trinajstić information content (AvgIpc) is 2.92. The molecule has 148 valence electrons. The van der Waals surface area contributed by atoms with Gasteiger partial charge in [-0.05, 0) is 18.9 Å². The van der Waals surface area contributed by atoms with E-state index in [-0.39, 0.29) is 35.8 Å². The molecule has 0 bridgehead atoms. The molecule has 0 saturated heterocycles. The van der Waals surface area contributed by atoms with Crippen LogP contribution in [0.25, 0.3) is 0 Å². The van der Waals surface area contributed by atoms with Gasteiger partial charge in [-0.15, -0.1) is 24.0 Å². The highest BCUT2D eigenvalue weighted by Gasteiger charge is 2.20. The number of carbonyl (C=O) groups is 1. The number of hydrogen-bond donors (Lipinski definition) is 2. The molecular weight excluding hydrogens is 465 g/mol. The molecule has 1 aliphatic rings. The van der Waals surface area contributed by atoms with E-state index >= 15 is 0 Å². The number of guanidine groups is 1. The van der Waals surface area contributed by atoms with E-state index in [2.05, 4.69) is 15.6 Å². The summed E-state index contributed by atoms with van der Waals surface area (Å²) < 4.78 is 2.01. The predicted molar refractivity (Wildman–Crippen MR) is 118 cm³/mol. The topological polar surface area (TPSA) is 61.7 Å². The molecule has 0 aromatic carbocycles. The second-order valence-corrected chi connectivity index (χ2v) is 7.15. The Bertz CT molecular complexity index is 598. The zero-order valence-electron chi connectivity index (χ0n) is 15.9. The quantitative estimate of drug-likeness (QED) is 0.276. The van der Waals surface area contributed by atoms with E-state index in [1.807, 2.05) is 35.8 Å². The molecule has 2 N–H and O–H groups in total. The van der Waals surface area contributed by atoms with Crippen LogP contribution in [0, 0.1) is 5.92 Å². The van der Waals surface area contributed by atoms with Gasteiger partial charge in [0.05, 0.1) is 11.6 Å². The van der Waals surface area contributed by atoms with Crippen LogP contribution < -0.4 is 10.6 Å². The van der Waals surface area contributed by atoms with Crippen LogP contribution in [-0.4, -0.2) is 48.5 Å². The van der Waals surface area contributed by atoms with Crippen molar-refractivity contribution in [1.82, 2.24) is 20.1 Å². The largest absolute Gasteiger partial charge is 0.354 e. The molecule has 0 aliphatic heterocycles. The summed E-state index contributed by atoms with van der Waals surface area (Å²) in [6.45, 7) is 1.97. The van der Waals surface area contributed by atoms with Gasteiger partial charge in [-0.2, -0.15) is 0 Å². The van der Waals surface area contributed by atoms with Gasteiger partial charge in [-0.25, -0.2) is 0 Å². The van der Waals surface area contributed by atoms with Gasteiger partial charge in [0.15, 0.2) is 5.96 Å². The smallest absolute Gasteiger partial charge is 0.223 e. The molecule has 1 fully saturated rings. The van der Waals surface area contributed by atoms with Crippen LogP contribution in [-0.2, 0) is 18.4 Å². The van der Waals surface area contributed by atoms with Crippen LogP contribution in [0.15, 0.2) is 17.3 Å². The van der Waals surface area contributed by atoms with Crippen molar-refractivity contribution in [3.63, 3.8) is 0 Å². The zero-order chi connectivity index (χ0) is 18.2. The van der Waals surface area contributed by atoms with Gasteiger partial charge in [-0.1, -0.05) is 30.9 Å². The highest BCUT2D eigenvalue weighted by molar-refractivity contribution is 14.0. The van der Waals surface area contributed by atoms with E-state index in [0.717, 1.165) is 29.5 Å². The van der Waals surface area contributed by atoms with Crippen LogP contribution >= 0.6 is 35.6 Å². The maximum atomic E-state index is 12.1. The third-order valence-electron chi connectivity index (χ3n) is 4.73. The van der Waals surface area contributed by atoms with Gasteiger partial charge in [0.2, 0.25) is 5.91 Å². The Kier molecular flexibility index (Phi) is 10.4. The first-order valence-corrected chi connectivity index (χ1v) is 9.39. The minimum absolute atomic E-state index is 0. The monoisotopic (exact) mass is 495 g/mol. The molecule has 1 amide bonds. The van der Waals surface area contributed by atoms with Crippen LogP contribution in [0.4, 0.5) is 0 Å². The van der Waals surface area contributed by atoms with Crippen molar-refractivity contribution in [2.75, 3.05) is 27.2 Å². The Labute approximate surface area is 178 Å². The van der Waals surface area contributed by atoms with Crippen molar-refractivity contribution >= 4 is 47.4 Å². The number of halogens is 2. The first-order valence-electron chi connectivity index (χ1n) is 9.01. The Balaban J connectivity index is 0.00000338. The maximum absolute atomic E-state index is 12.1. The van der Waals surface area contributed by atoms with E-state index in [0.29, 0.717) is 19.6 Å². The molecule has 8 heteroatoms. The second kappa shape index (κ2) is 11.7. The fourth-order valence-electron chi connectivity index (χ4n) is 3.30. The molecule has 1 aliphatic carbocycles. The van der Waals surface area contributed by atoms with Gasteiger partial charge in [0, 0.05) is 52.0 Å². The zero-order valence-corrected chi connectivity index (χ0v) is 19.0. The number of nitrogens with zero attached hydrogens (tertiary/aromatic N) is 3. The van der Waals surface area contributed by atoms with Crippen LogP contribution in [0.3, 0.4) is 0 Å². The molecule has 1 aromatic heterocycles. The number of hydrogen-bond acceptors (Lipinski definition) is 2. The van der Waals surface area contributed by atoms with E-state index < -0.39 is 0 Å². The molecule has 1 saturated carbocycles. The van der Waals surface area contributed by atoms with Crippen LogP contribution in [0.1, 0.15) is 37.8 Å². The standard InChI is InChI=1S/C18H30ClN5O.HI/c1-20-18(24(3)13-16-11-15(19)12-23(16)2)22-10-9-21-17(25)14-7-5-4-6-8-14;/h11-12,14H,4-10,13H2,1-3H3,(H,20,22)(H,21,25);1H. The number of aliphatic imine (C=N–C) groups is 1. The molecule has 6 nitrogen and oxygen atoms in total. The minimum Gasteiger partial charge on any atom is -0.354 e. The van der Waals surface area contributed by atoms with Gasteiger partial charge in [-0.3, -0.25) is 9.79 Å².